The monoisotopic (exact) mass is 319 g/mol. The highest BCUT2D eigenvalue weighted by Gasteiger charge is 2.61. The molecular formula is C17H21NO5. The molecule has 0 spiro atoms. The molecule has 23 heavy (non-hydrogen) atoms. The number of esters is 1. The second-order valence-electron chi connectivity index (χ2n) is 6.97. The van der Waals surface area contributed by atoms with E-state index in [9.17, 15) is 14.9 Å². The van der Waals surface area contributed by atoms with Crippen LogP contribution in [0, 0.1) is 28.4 Å². The van der Waals surface area contributed by atoms with Gasteiger partial charge in [-0.2, -0.15) is 0 Å². The molecule has 1 aliphatic heterocycles. The minimum absolute atomic E-state index is 0.0310. The maximum Gasteiger partial charge on any atom is 0.310 e. The summed E-state index contributed by atoms with van der Waals surface area (Å²) in [6.45, 7) is 6.48. The first kappa shape index (κ1) is 15.9. The molecule has 6 heteroatoms. The Morgan fingerprint density at radius 3 is 2.91 bits per heavy atom. The van der Waals surface area contributed by atoms with Gasteiger partial charge < -0.3 is 9.47 Å². The van der Waals surface area contributed by atoms with Crippen LogP contribution in [0.1, 0.15) is 31.4 Å². The maximum atomic E-state index is 12.3. The van der Waals surface area contributed by atoms with E-state index in [1.54, 1.807) is 19.1 Å². The van der Waals surface area contributed by atoms with E-state index in [0.717, 1.165) is 13.0 Å². The third-order valence-corrected chi connectivity index (χ3v) is 5.20. The number of fused-ring (bicyclic) bond motifs is 1. The molecule has 0 bridgehead atoms. The summed E-state index contributed by atoms with van der Waals surface area (Å²) in [5.41, 5.74) is 1.02. The Morgan fingerprint density at radius 1 is 1.48 bits per heavy atom. The van der Waals surface area contributed by atoms with Gasteiger partial charge in [0.1, 0.15) is 6.10 Å². The third kappa shape index (κ3) is 2.61. The average Bonchev–Trinajstić information content (AvgIpc) is 2.94. The number of nitrogens with zero attached hydrogens (tertiary/aromatic N) is 1. The van der Waals surface area contributed by atoms with Crippen LogP contribution in [0.2, 0.25) is 0 Å². The van der Waals surface area contributed by atoms with Crippen molar-refractivity contribution in [2.45, 2.75) is 45.8 Å². The van der Waals surface area contributed by atoms with Crippen molar-refractivity contribution in [2.75, 3.05) is 6.61 Å². The van der Waals surface area contributed by atoms with Crippen molar-refractivity contribution in [3.05, 3.63) is 39.4 Å². The summed E-state index contributed by atoms with van der Waals surface area (Å²) in [6.07, 6.45) is 1.00. The summed E-state index contributed by atoms with van der Waals surface area (Å²) in [4.78, 5) is 22.8. The minimum atomic E-state index is -0.431. The first-order valence-electron chi connectivity index (χ1n) is 7.86. The van der Waals surface area contributed by atoms with E-state index < -0.39 is 4.92 Å². The van der Waals surface area contributed by atoms with Crippen LogP contribution in [-0.2, 0) is 20.7 Å². The molecule has 2 fully saturated rings. The van der Waals surface area contributed by atoms with Crippen molar-refractivity contribution in [3.8, 4) is 0 Å². The molecule has 124 valence electrons. The van der Waals surface area contributed by atoms with Crippen LogP contribution in [0.3, 0.4) is 0 Å². The van der Waals surface area contributed by atoms with Crippen molar-refractivity contribution in [3.63, 3.8) is 0 Å². The molecule has 1 saturated heterocycles. The van der Waals surface area contributed by atoms with Crippen LogP contribution in [0.5, 0.6) is 0 Å². The standard InChI is InChI=1S/C17H21NO5/c1-10-11(5-4-6-13(10)18(20)21)9-14(19)23-16-12-7-8-22-15(12)17(16,2)3/h4-6,12,15-16H,7-9H2,1-3H3/t12-,15+,16+/m0/s1. The van der Waals surface area contributed by atoms with Crippen molar-refractivity contribution in [1.29, 1.82) is 0 Å². The van der Waals surface area contributed by atoms with Crippen molar-refractivity contribution in [1.82, 2.24) is 0 Å². The Bertz CT molecular complexity index is 654. The normalized spacial score (nSPS) is 27.9. The Morgan fingerprint density at radius 2 is 2.22 bits per heavy atom. The second kappa shape index (κ2) is 5.60. The van der Waals surface area contributed by atoms with Gasteiger partial charge in [-0.05, 0) is 18.9 Å². The van der Waals surface area contributed by atoms with Crippen LogP contribution in [-0.4, -0.2) is 29.7 Å². The highest BCUT2D eigenvalue weighted by atomic mass is 16.6. The summed E-state index contributed by atoms with van der Waals surface area (Å²) in [7, 11) is 0. The molecule has 6 nitrogen and oxygen atoms in total. The summed E-state index contributed by atoms with van der Waals surface area (Å²) < 4.78 is 11.4. The molecular weight excluding hydrogens is 298 g/mol. The third-order valence-electron chi connectivity index (χ3n) is 5.20. The van der Waals surface area contributed by atoms with Crippen LogP contribution >= 0.6 is 0 Å². The topological polar surface area (TPSA) is 78.7 Å². The second-order valence-corrected chi connectivity index (χ2v) is 6.97. The molecule has 0 N–H and O–H groups in total. The number of rotatable bonds is 4. The van der Waals surface area contributed by atoms with Crippen LogP contribution in [0.15, 0.2) is 18.2 Å². The number of hydrogen-bond donors (Lipinski definition) is 0. The van der Waals surface area contributed by atoms with E-state index in [1.165, 1.54) is 6.07 Å². The predicted molar refractivity (Wildman–Crippen MR) is 83.0 cm³/mol. The molecule has 1 aromatic carbocycles. The smallest absolute Gasteiger partial charge is 0.310 e. The van der Waals surface area contributed by atoms with Gasteiger partial charge in [0, 0.05) is 29.6 Å². The van der Waals surface area contributed by atoms with E-state index >= 15 is 0 Å². The summed E-state index contributed by atoms with van der Waals surface area (Å²) in [6, 6.07) is 4.78. The van der Waals surface area contributed by atoms with Gasteiger partial charge >= 0.3 is 5.97 Å². The number of benzene rings is 1. The summed E-state index contributed by atoms with van der Waals surface area (Å²) in [5.74, 6) is -0.0582. The molecule has 3 rings (SSSR count). The van der Waals surface area contributed by atoms with E-state index in [0.29, 0.717) is 11.1 Å². The number of ether oxygens (including phenoxy) is 2. The number of carbonyl (C=O) groups is 1. The van der Waals surface area contributed by atoms with Crippen LogP contribution in [0.25, 0.3) is 0 Å². The van der Waals surface area contributed by atoms with Crippen LogP contribution in [0.4, 0.5) is 5.69 Å². The van der Waals surface area contributed by atoms with E-state index in [2.05, 4.69) is 13.8 Å². The summed E-state index contributed by atoms with van der Waals surface area (Å²) in [5, 5.41) is 11.0. The van der Waals surface area contributed by atoms with Gasteiger partial charge in [-0.3, -0.25) is 14.9 Å². The Hall–Kier alpha value is -1.95. The van der Waals surface area contributed by atoms with Gasteiger partial charge in [0.15, 0.2) is 0 Å². The number of nitro groups is 1. The zero-order valence-corrected chi connectivity index (χ0v) is 13.6. The van der Waals surface area contributed by atoms with Crippen molar-refractivity contribution >= 4 is 11.7 Å². The molecule has 0 aromatic heterocycles. The largest absolute Gasteiger partial charge is 0.461 e. The van der Waals surface area contributed by atoms with Crippen LogP contribution < -0.4 is 0 Å². The lowest BCUT2D eigenvalue weighted by molar-refractivity contribution is -0.385. The molecule has 1 heterocycles. The maximum absolute atomic E-state index is 12.3. The first-order chi connectivity index (χ1) is 10.8. The Kier molecular flexibility index (Phi) is 3.88. The fourth-order valence-corrected chi connectivity index (χ4v) is 3.92. The predicted octanol–water partition coefficient (Wildman–Crippen LogP) is 2.80. The molecule has 1 saturated carbocycles. The molecule has 0 amide bonds. The number of carbonyl (C=O) groups excluding carboxylic acids is 1. The minimum Gasteiger partial charge on any atom is -0.461 e. The highest BCUT2D eigenvalue weighted by Crippen LogP contribution is 2.53. The molecule has 1 aromatic rings. The molecule has 3 atom stereocenters. The van der Waals surface area contributed by atoms with Gasteiger partial charge in [-0.25, -0.2) is 0 Å². The van der Waals surface area contributed by atoms with Gasteiger partial charge in [-0.1, -0.05) is 26.0 Å². The highest BCUT2D eigenvalue weighted by molar-refractivity contribution is 5.74. The number of hydrogen-bond acceptors (Lipinski definition) is 5. The Labute approximate surface area is 134 Å². The summed E-state index contributed by atoms with van der Waals surface area (Å²) >= 11 is 0. The lowest BCUT2D eigenvalue weighted by atomic mass is 9.59. The lowest BCUT2D eigenvalue weighted by Gasteiger charge is -2.53. The van der Waals surface area contributed by atoms with E-state index in [-0.39, 0.29) is 41.6 Å². The van der Waals surface area contributed by atoms with Crippen molar-refractivity contribution < 1.29 is 19.2 Å². The molecule has 0 radical (unpaired) electrons. The van der Waals surface area contributed by atoms with Gasteiger partial charge in [0.05, 0.1) is 17.4 Å². The zero-order chi connectivity index (χ0) is 16.8. The lowest BCUT2D eigenvalue weighted by Crippen LogP contribution is -2.61. The van der Waals surface area contributed by atoms with E-state index in [1.807, 2.05) is 0 Å². The molecule has 2 aliphatic rings. The fraction of sp³-hybridized carbons (Fsp3) is 0.588. The molecule has 1 aliphatic carbocycles. The average molecular weight is 319 g/mol. The van der Waals surface area contributed by atoms with Gasteiger partial charge in [0.2, 0.25) is 0 Å². The van der Waals surface area contributed by atoms with Gasteiger partial charge in [0.25, 0.3) is 5.69 Å². The van der Waals surface area contributed by atoms with Crippen molar-refractivity contribution in [2.24, 2.45) is 11.3 Å². The zero-order valence-electron chi connectivity index (χ0n) is 13.6. The fourth-order valence-electron chi connectivity index (χ4n) is 3.92. The number of nitro benzene ring substituents is 1. The van der Waals surface area contributed by atoms with E-state index in [4.69, 9.17) is 9.47 Å². The first-order valence-corrected chi connectivity index (χ1v) is 7.86. The molecule has 0 unspecified atom stereocenters. The SMILES string of the molecule is Cc1c(CC(=O)O[C@@H]2[C@H]3CCO[C@H]3C2(C)C)cccc1[N+](=O)[O-]. The Balaban J connectivity index is 1.69. The quantitative estimate of drug-likeness (QED) is 0.484. The van der Waals surface area contributed by atoms with Gasteiger partial charge in [-0.15, -0.1) is 0 Å².